The van der Waals surface area contributed by atoms with Crippen molar-refractivity contribution in [2.45, 2.75) is 45.2 Å². The average Bonchev–Trinajstić information content (AvgIpc) is 3.01. The number of hydrogen-bond donors (Lipinski definition) is 0. The van der Waals surface area contributed by atoms with Crippen molar-refractivity contribution in [3.8, 4) is 6.01 Å². The highest BCUT2D eigenvalue weighted by atomic mass is 16.5. The van der Waals surface area contributed by atoms with Crippen LogP contribution in [0.1, 0.15) is 36.1 Å². The first kappa shape index (κ1) is 29.9. The number of amides is 1. The Kier molecular flexibility index (Phi) is 8.46. The monoisotopic (exact) mass is 593 g/mol. The van der Waals surface area contributed by atoms with Crippen LogP contribution < -0.4 is 14.5 Å². The minimum absolute atomic E-state index is 0.125. The molecule has 6 rings (SSSR count). The van der Waals surface area contributed by atoms with Gasteiger partial charge in [-0.1, -0.05) is 43.3 Å². The van der Waals surface area contributed by atoms with Gasteiger partial charge in [0.05, 0.1) is 18.8 Å². The molecular formula is C35H43N7O2. The van der Waals surface area contributed by atoms with E-state index in [1.807, 2.05) is 0 Å². The molecule has 1 atom stereocenters. The molecular weight excluding hydrogens is 550 g/mol. The molecule has 3 heterocycles. The first-order valence-electron chi connectivity index (χ1n) is 15.7. The summed E-state index contributed by atoms with van der Waals surface area (Å²) in [5.74, 6) is 0.759. The lowest BCUT2D eigenvalue weighted by Gasteiger charge is -2.43. The van der Waals surface area contributed by atoms with E-state index in [9.17, 15) is 4.79 Å². The lowest BCUT2D eigenvalue weighted by atomic mass is 9.69. The molecule has 9 nitrogen and oxygen atoms in total. The predicted molar refractivity (Wildman–Crippen MR) is 175 cm³/mol. The Balaban J connectivity index is 1.34. The number of rotatable bonds is 9. The zero-order valence-electron chi connectivity index (χ0n) is 26.3. The van der Waals surface area contributed by atoms with Gasteiger partial charge in [-0.25, -0.2) is 6.57 Å². The van der Waals surface area contributed by atoms with Gasteiger partial charge in [0.25, 0.3) is 0 Å². The van der Waals surface area contributed by atoms with E-state index >= 15 is 0 Å². The first-order chi connectivity index (χ1) is 21.3. The van der Waals surface area contributed by atoms with E-state index in [0.717, 1.165) is 49.4 Å². The second kappa shape index (κ2) is 12.4. The van der Waals surface area contributed by atoms with E-state index in [1.54, 1.807) is 4.90 Å². The smallest absolute Gasteiger partial charge is 0.318 e. The maximum atomic E-state index is 12.6. The van der Waals surface area contributed by atoms with Gasteiger partial charge < -0.3 is 29.2 Å². The normalized spacial score (nSPS) is 19.3. The lowest BCUT2D eigenvalue weighted by Crippen LogP contribution is -2.56. The number of aryl methyl sites for hydroxylation is 1. The average molecular weight is 594 g/mol. The number of anilines is 2. The van der Waals surface area contributed by atoms with E-state index < -0.39 is 0 Å². The second-order valence-electron chi connectivity index (χ2n) is 12.9. The second-order valence-corrected chi connectivity index (χ2v) is 12.9. The molecule has 0 N–H and O–H groups in total. The number of ether oxygens (including phenoxy) is 1. The van der Waals surface area contributed by atoms with Crippen LogP contribution in [0.5, 0.6) is 6.01 Å². The lowest BCUT2D eigenvalue weighted by molar-refractivity contribution is -0.128. The number of aromatic nitrogens is 2. The van der Waals surface area contributed by atoms with E-state index in [0.29, 0.717) is 38.8 Å². The zero-order chi connectivity index (χ0) is 30.8. The van der Waals surface area contributed by atoms with Gasteiger partial charge in [0.2, 0.25) is 12.5 Å². The Morgan fingerprint density at radius 2 is 1.95 bits per heavy atom. The van der Waals surface area contributed by atoms with Gasteiger partial charge in [-0.15, -0.1) is 0 Å². The summed E-state index contributed by atoms with van der Waals surface area (Å²) in [6.07, 6.45) is 5.67. The van der Waals surface area contributed by atoms with Crippen molar-refractivity contribution in [2.24, 2.45) is 5.41 Å². The van der Waals surface area contributed by atoms with E-state index in [1.165, 1.54) is 34.5 Å². The van der Waals surface area contributed by atoms with Crippen molar-refractivity contribution >= 4 is 28.2 Å². The Bertz CT molecular complexity index is 1590. The third-order valence-corrected chi connectivity index (χ3v) is 9.57. The van der Waals surface area contributed by atoms with E-state index in [4.69, 9.17) is 21.3 Å². The fourth-order valence-corrected chi connectivity index (χ4v) is 7.32. The van der Waals surface area contributed by atoms with Crippen molar-refractivity contribution in [2.75, 3.05) is 69.8 Å². The quantitative estimate of drug-likeness (QED) is 0.262. The van der Waals surface area contributed by atoms with Crippen LogP contribution in [0.15, 0.2) is 49.1 Å². The molecule has 230 valence electrons. The highest BCUT2D eigenvalue weighted by Crippen LogP contribution is 2.42. The Morgan fingerprint density at radius 1 is 1.16 bits per heavy atom. The number of benzene rings is 2. The van der Waals surface area contributed by atoms with Gasteiger partial charge in [0.15, 0.2) is 0 Å². The topological polar surface area (TPSA) is 69.4 Å². The number of hydrogen-bond acceptors (Lipinski definition) is 7. The van der Waals surface area contributed by atoms with Crippen LogP contribution in [-0.4, -0.2) is 91.7 Å². The van der Waals surface area contributed by atoms with Crippen LogP contribution in [0.2, 0.25) is 0 Å². The fraction of sp³-hybridized carbons (Fsp3) is 0.486. The van der Waals surface area contributed by atoms with Gasteiger partial charge in [0, 0.05) is 54.8 Å². The molecule has 44 heavy (non-hydrogen) atoms. The van der Waals surface area contributed by atoms with Crippen LogP contribution in [0.25, 0.3) is 15.6 Å². The van der Waals surface area contributed by atoms with Crippen molar-refractivity contribution in [3.05, 3.63) is 77.3 Å². The summed E-state index contributed by atoms with van der Waals surface area (Å²) in [6, 6.07) is 13.2. The van der Waals surface area contributed by atoms with Gasteiger partial charge in [-0.2, -0.15) is 9.97 Å². The molecule has 2 fully saturated rings. The molecule has 1 saturated carbocycles. The summed E-state index contributed by atoms with van der Waals surface area (Å²) in [6.45, 7) is 18.4. The molecule has 1 amide bonds. The summed E-state index contributed by atoms with van der Waals surface area (Å²) in [5, 5.41) is 2.52. The van der Waals surface area contributed by atoms with Gasteiger partial charge in [-0.05, 0) is 63.4 Å². The molecule has 1 saturated heterocycles. The molecule has 1 aromatic heterocycles. The fourth-order valence-electron chi connectivity index (χ4n) is 7.32. The van der Waals surface area contributed by atoms with Crippen molar-refractivity contribution < 1.29 is 9.53 Å². The van der Waals surface area contributed by atoms with Gasteiger partial charge >= 0.3 is 6.01 Å². The Hall–Kier alpha value is -4.16. The highest BCUT2D eigenvalue weighted by Gasteiger charge is 2.39. The Morgan fingerprint density at radius 3 is 2.66 bits per heavy atom. The summed E-state index contributed by atoms with van der Waals surface area (Å²) < 4.78 is 6.47. The van der Waals surface area contributed by atoms with Crippen LogP contribution >= 0.6 is 0 Å². The highest BCUT2D eigenvalue weighted by molar-refractivity contribution is 5.97. The van der Waals surface area contributed by atoms with E-state index in [-0.39, 0.29) is 23.9 Å². The third-order valence-electron chi connectivity index (χ3n) is 9.57. The van der Waals surface area contributed by atoms with Crippen LogP contribution in [0, 0.1) is 18.9 Å². The third kappa shape index (κ3) is 5.83. The molecule has 9 heteroatoms. The minimum Gasteiger partial charge on any atom is -0.463 e. The maximum Gasteiger partial charge on any atom is 0.318 e. The molecule has 2 aromatic carbocycles. The summed E-state index contributed by atoms with van der Waals surface area (Å²) in [4.78, 5) is 35.1. The largest absolute Gasteiger partial charge is 0.463 e. The molecule has 0 spiro atoms. The molecule has 0 bridgehead atoms. The SMILES string of the molecule is [C-]#[N+]C[C@H]1CN(c2nc(OCC3(CN(C)C)CCC3)nc3c2CCN(c2cccc4cccc(C)c24)C3)CCN1C(=O)C=C. The summed E-state index contributed by atoms with van der Waals surface area (Å²) in [7, 11) is 4.24. The molecule has 0 unspecified atom stereocenters. The number of carbonyl (C=O) groups excluding carboxylic acids is 1. The summed E-state index contributed by atoms with van der Waals surface area (Å²) >= 11 is 0. The molecule has 1 aliphatic carbocycles. The van der Waals surface area contributed by atoms with Gasteiger partial charge in [0.1, 0.15) is 11.9 Å². The number of nitrogens with zero attached hydrogens (tertiary/aromatic N) is 7. The molecule has 0 radical (unpaired) electrons. The maximum absolute atomic E-state index is 12.6. The van der Waals surface area contributed by atoms with Gasteiger partial charge in [-0.3, -0.25) is 4.79 Å². The predicted octanol–water partition coefficient (Wildman–Crippen LogP) is 4.73. The summed E-state index contributed by atoms with van der Waals surface area (Å²) in [5.41, 5.74) is 4.75. The first-order valence-corrected chi connectivity index (χ1v) is 15.7. The van der Waals surface area contributed by atoms with Crippen LogP contribution in [-0.2, 0) is 17.8 Å². The standard InChI is InChI=1S/C35H43N7O2/c1-6-31(43)42-19-18-41(21-27(42)20-36-3)33-28-14-17-40(30-13-8-12-26-11-7-10-25(2)32(26)30)22-29(28)37-34(38-33)44-24-35(15-9-16-35)23-39(4)5/h6-8,10-13,27H,1,9,14-24H2,2,4-5H3/t27-/m0/s1. The van der Waals surface area contributed by atoms with Crippen molar-refractivity contribution in [3.63, 3.8) is 0 Å². The molecule has 2 aliphatic heterocycles. The minimum atomic E-state index is -0.223. The van der Waals surface area contributed by atoms with Crippen LogP contribution in [0.3, 0.4) is 0 Å². The molecule has 3 aromatic rings. The Labute approximate surface area is 260 Å². The molecule has 3 aliphatic rings. The zero-order valence-corrected chi connectivity index (χ0v) is 26.3. The van der Waals surface area contributed by atoms with Crippen LogP contribution in [0.4, 0.5) is 11.5 Å². The van der Waals surface area contributed by atoms with Crippen molar-refractivity contribution in [1.29, 1.82) is 0 Å². The number of carbonyl (C=O) groups is 1. The number of piperazine rings is 1. The van der Waals surface area contributed by atoms with E-state index in [2.05, 4.69) is 83.5 Å². The number of fused-ring (bicyclic) bond motifs is 2. The van der Waals surface area contributed by atoms with Crippen molar-refractivity contribution in [1.82, 2.24) is 19.8 Å².